The molecule has 224 valence electrons. The summed E-state index contributed by atoms with van der Waals surface area (Å²) in [6, 6.07) is 24.8. The second-order valence-electron chi connectivity index (χ2n) is 12.1. The van der Waals surface area contributed by atoms with E-state index in [9.17, 15) is 14.7 Å². The third-order valence-corrected chi connectivity index (χ3v) is 7.43. The van der Waals surface area contributed by atoms with Gasteiger partial charge in [0.2, 0.25) is 0 Å². The van der Waals surface area contributed by atoms with E-state index in [4.69, 9.17) is 4.74 Å². The topological polar surface area (TPSA) is 73.3 Å². The number of aliphatic carboxylic acids is 1. The van der Waals surface area contributed by atoms with Crippen LogP contribution in [0.2, 0.25) is 0 Å². The summed E-state index contributed by atoms with van der Waals surface area (Å²) in [5.74, 6) is -0.582. The lowest BCUT2D eigenvalue weighted by atomic mass is 10.00. The highest BCUT2D eigenvalue weighted by Crippen LogP contribution is 2.32. The van der Waals surface area contributed by atoms with Crippen LogP contribution >= 0.6 is 0 Å². The van der Waals surface area contributed by atoms with Crippen molar-refractivity contribution in [2.45, 2.75) is 47.2 Å². The van der Waals surface area contributed by atoms with Gasteiger partial charge < -0.3 is 19.6 Å². The predicted octanol–water partition coefficient (Wildman–Crippen LogP) is 6.17. The van der Waals surface area contributed by atoms with Crippen LogP contribution in [-0.2, 0) is 22.7 Å². The van der Waals surface area contributed by atoms with Crippen molar-refractivity contribution in [3.05, 3.63) is 83.9 Å². The Balaban J connectivity index is 1.69. The monoisotopic (exact) mass is 571 g/mol. The molecule has 7 heteroatoms. The van der Waals surface area contributed by atoms with Gasteiger partial charge in [-0.1, -0.05) is 82.3 Å². The molecule has 1 amide bonds. The van der Waals surface area contributed by atoms with Gasteiger partial charge in [0.05, 0.1) is 6.61 Å². The van der Waals surface area contributed by atoms with Crippen LogP contribution in [0.25, 0.3) is 11.1 Å². The number of fused-ring (bicyclic) bond motifs is 1. The second-order valence-corrected chi connectivity index (χ2v) is 12.1. The maximum Gasteiger partial charge on any atom is 0.394 e. The number of ether oxygens (including phenoxy) is 1. The van der Waals surface area contributed by atoms with Crippen LogP contribution < -0.4 is 9.64 Å². The zero-order valence-corrected chi connectivity index (χ0v) is 25.5. The first-order valence-corrected chi connectivity index (χ1v) is 15.1. The Morgan fingerprint density at radius 3 is 2.31 bits per heavy atom. The standard InChI is InChI=1S/C35H45N3O4/c1-26(2)22-37-17-9-16-36(23-28-10-6-5-7-11-28)18-19-38(34(39)35(40)41)24-31-15-14-30(21-33(31)37)29-12-8-13-32(20-29)42-25-27(3)4/h5-8,10-15,20-21,26-27H,9,16-19,22-25H2,1-4H3,(H,40,41). The quantitative estimate of drug-likeness (QED) is 0.326. The zero-order chi connectivity index (χ0) is 30.1. The first kappa shape index (κ1) is 31.1. The molecule has 0 atom stereocenters. The average molecular weight is 572 g/mol. The Bertz CT molecular complexity index is 1320. The fourth-order valence-corrected chi connectivity index (χ4v) is 5.40. The van der Waals surface area contributed by atoms with Gasteiger partial charge in [-0.3, -0.25) is 9.69 Å². The Morgan fingerprint density at radius 2 is 1.60 bits per heavy atom. The fourth-order valence-electron chi connectivity index (χ4n) is 5.40. The maximum atomic E-state index is 12.9. The molecule has 1 aliphatic rings. The molecule has 0 saturated heterocycles. The fraction of sp³-hybridized carbons (Fsp3) is 0.429. The van der Waals surface area contributed by atoms with Crippen molar-refractivity contribution >= 4 is 17.6 Å². The largest absolute Gasteiger partial charge is 0.493 e. The summed E-state index contributed by atoms with van der Waals surface area (Å²) in [5, 5.41) is 9.67. The highest BCUT2D eigenvalue weighted by molar-refractivity contribution is 6.31. The molecule has 0 aliphatic carbocycles. The molecule has 1 aliphatic heterocycles. The molecule has 1 N–H and O–H groups in total. The molecule has 1 heterocycles. The van der Waals surface area contributed by atoms with Crippen molar-refractivity contribution in [3.63, 3.8) is 0 Å². The number of rotatable bonds is 8. The number of anilines is 1. The molecule has 0 bridgehead atoms. The van der Waals surface area contributed by atoms with Gasteiger partial charge in [0.1, 0.15) is 5.75 Å². The average Bonchev–Trinajstić information content (AvgIpc) is 3.00. The number of carbonyl (C=O) groups is 2. The number of nitrogens with zero attached hydrogens (tertiary/aromatic N) is 3. The summed E-state index contributed by atoms with van der Waals surface area (Å²) in [4.78, 5) is 31.0. The van der Waals surface area contributed by atoms with Crippen molar-refractivity contribution in [3.8, 4) is 16.9 Å². The zero-order valence-electron chi connectivity index (χ0n) is 25.5. The minimum absolute atomic E-state index is 0.242. The lowest BCUT2D eigenvalue weighted by molar-refractivity contribution is -0.156. The third-order valence-electron chi connectivity index (χ3n) is 7.43. The molecule has 4 rings (SSSR count). The Labute approximate surface area is 250 Å². The number of carbonyl (C=O) groups excluding carboxylic acids is 1. The molecule has 42 heavy (non-hydrogen) atoms. The number of amides is 1. The first-order chi connectivity index (χ1) is 20.2. The first-order valence-electron chi connectivity index (χ1n) is 15.1. The van der Waals surface area contributed by atoms with Crippen LogP contribution in [-0.4, -0.2) is 66.1 Å². The highest BCUT2D eigenvalue weighted by atomic mass is 16.5. The number of benzene rings is 3. The highest BCUT2D eigenvalue weighted by Gasteiger charge is 2.25. The summed E-state index contributed by atoms with van der Waals surface area (Å²) < 4.78 is 6.00. The molecule has 3 aromatic carbocycles. The molecule has 0 radical (unpaired) electrons. The molecule has 0 spiro atoms. The minimum Gasteiger partial charge on any atom is -0.493 e. The van der Waals surface area contributed by atoms with E-state index < -0.39 is 11.9 Å². The maximum absolute atomic E-state index is 12.9. The molecule has 0 aromatic heterocycles. The molecular formula is C35H45N3O4. The van der Waals surface area contributed by atoms with E-state index in [2.05, 4.69) is 80.0 Å². The second kappa shape index (κ2) is 14.9. The third kappa shape index (κ3) is 8.83. The number of hydrogen-bond donors (Lipinski definition) is 1. The van der Waals surface area contributed by atoms with Crippen molar-refractivity contribution in [1.82, 2.24) is 9.80 Å². The molecule has 0 unspecified atom stereocenters. The van der Waals surface area contributed by atoms with Crippen LogP contribution in [0.1, 0.15) is 45.2 Å². The molecule has 3 aromatic rings. The summed E-state index contributed by atoms with van der Waals surface area (Å²) in [6.07, 6.45) is 0.953. The smallest absolute Gasteiger partial charge is 0.394 e. The number of hydrogen-bond acceptors (Lipinski definition) is 5. The van der Waals surface area contributed by atoms with Crippen LogP contribution in [0, 0.1) is 11.8 Å². The number of carboxylic acid groups (broad SMARTS) is 1. The van der Waals surface area contributed by atoms with Crippen LogP contribution in [0.15, 0.2) is 72.8 Å². The van der Waals surface area contributed by atoms with Gasteiger partial charge in [-0.25, -0.2) is 4.79 Å². The lowest BCUT2D eigenvalue weighted by Gasteiger charge is -2.30. The van der Waals surface area contributed by atoms with Gasteiger partial charge >= 0.3 is 11.9 Å². The van der Waals surface area contributed by atoms with Crippen molar-refractivity contribution in [1.29, 1.82) is 0 Å². The van der Waals surface area contributed by atoms with Gasteiger partial charge in [0.25, 0.3) is 0 Å². The Kier molecular flexibility index (Phi) is 11.0. The van der Waals surface area contributed by atoms with E-state index in [1.54, 1.807) is 0 Å². The lowest BCUT2D eigenvalue weighted by Crippen LogP contribution is -2.41. The summed E-state index contributed by atoms with van der Waals surface area (Å²) in [5.41, 5.74) is 5.33. The van der Waals surface area contributed by atoms with E-state index in [1.165, 1.54) is 10.5 Å². The summed E-state index contributed by atoms with van der Waals surface area (Å²) >= 11 is 0. The van der Waals surface area contributed by atoms with E-state index >= 15 is 0 Å². The van der Waals surface area contributed by atoms with Gasteiger partial charge in [-0.05, 0) is 58.7 Å². The van der Waals surface area contributed by atoms with E-state index in [1.807, 2.05) is 30.3 Å². The van der Waals surface area contributed by atoms with Gasteiger partial charge in [0.15, 0.2) is 0 Å². The van der Waals surface area contributed by atoms with E-state index in [0.717, 1.165) is 60.7 Å². The summed E-state index contributed by atoms with van der Waals surface area (Å²) in [7, 11) is 0. The minimum atomic E-state index is -1.42. The molecule has 0 saturated carbocycles. The van der Waals surface area contributed by atoms with Gasteiger partial charge in [0, 0.05) is 51.5 Å². The van der Waals surface area contributed by atoms with Crippen LogP contribution in [0.5, 0.6) is 5.75 Å². The predicted molar refractivity (Wildman–Crippen MR) is 169 cm³/mol. The van der Waals surface area contributed by atoms with Gasteiger partial charge in [-0.2, -0.15) is 0 Å². The van der Waals surface area contributed by atoms with E-state index in [0.29, 0.717) is 31.5 Å². The van der Waals surface area contributed by atoms with E-state index in [-0.39, 0.29) is 6.54 Å². The molecule has 7 nitrogen and oxygen atoms in total. The Hall–Kier alpha value is -3.84. The van der Waals surface area contributed by atoms with Crippen LogP contribution in [0.4, 0.5) is 5.69 Å². The van der Waals surface area contributed by atoms with Crippen molar-refractivity contribution in [2.24, 2.45) is 11.8 Å². The normalized spacial score (nSPS) is 14.9. The molecular weight excluding hydrogens is 526 g/mol. The van der Waals surface area contributed by atoms with Gasteiger partial charge in [-0.15, -0.1) is 0 Å². The van der Waals surface area contributed by atoms with Crippen molar-refractivity contribution < 1.29 is 19.4 Å². The van der Waals surface area contributed by atoms with Crippen molar-refractivity contribution in [2.75, 3.05) is 44.2 Å². The molecule has 0 fully saturated rings. The summed E-state index contributed by atoms with van der Waals surface area (Å²) in [6.45, 7) is 13.9. The SMILES string of the molecule is CC(C)COc1cccc(-c2ccc3c(c2)N(CC(C)C)CCCN(Cc2ccccc2)CCN(C(=O)C(=O)O)C3)c1. The Morgan fingerprint density at radius 1 is 0.833 bits per heavy atom. The number of carboxylic acids is 1. The van der Waals surface area contributed by atoms with Crippen LogP contribution in [0.3, 0.4) is 0 Å².